The zero-order chi connectivity index (χ0) is 44.3. The van der Waals surface area contributed by atoms with Gasteiger partial charge >= 0.3 is 0 Å². The number of anilines is 3. The Morgan fingerprint density at radius 1 is 0.388 bits per heavy atom. The molecule has 2 aromatic heterocycles. The predicted molar refractivity (Wildman–Crippen MR) is 282 cm³/mol. The van der Waals surface area contributed by atoms with Gasteiger partial charge < -0.3 is 13.9 Å². The van der Waals surface area contributed by atoms with Crippen LogP contribution in [0.5, 0.6) is 0 Å². The van der Waals surface area contributed by atoms with E-state index in [1.807, 2.05) is 0 Å². The summed E-state index contributed by atoms with van der Waals surface area (Å²) < 4.78 is 9.15. The van der Waals surface area contributed by atoms with Gasteiger partial charge in [-0.25, -0.2) is 0 Å². The van der Waals surface area contributed by atoms with Crippen LogP contribution in [0.4, 0.5) is 17.1 Å². The Morgan fingerprint density at radius 2 is 0.955 bits per heavy atom. The fourth-order valence-electron chi connectivity index (χ4n) is 10.6. The van der Waals surface area contributed by atoms with Crippen molar-refractivity contribution in [3.05, 3.63) is 260 Å². The highest BCUT2D eigenvalue weighted by Crippen LogP contribution is 2.47. The Hall–Kier alpha value is -8.66. The summed E-state index contributed by atoms with van der Waals surface area (Å²) >= 11 is 0. The van der Waals surface area contributed by atoms with E-state index in [0.717, 1.165) is 50.1 Å². The molecule has 0 saturated carbocycles. The van der Waals surface area contributed by atoms with Gasteiger partial charge in [-0.2, -0.15) is 0 Å². The minimum absolute atomic E-state index is 0.104. The Labute approximate surface area is 389 Å². The molecule has 3 nitrogen and oxygen atoms in total. The van der Waals surface area contributed by atoms with Crippen molar-refractivity contribution in [3.8, 4) is 33.4 Å². The number of hydrogen-bond acceptors (Lipinski definition) is 2. The topological polar surface area (TPSA) is 21.3 Å². The Balaban J connectivity index is 0.945. The van der Waals surface area contributed by atoms with Crippen LogP contribution in [0.3, 0.4) is 0 Å². The summed E-state index contributed by atoms with van der Waals surface area (Å²) in [6, 6.07) is 83.7. The third kappa shape index (κ3) is 6.66. The van der Waals surface area contributed by atoms with Crippen LogP contribution in [0.2, 0.25) is 0 Å². The Kier molecular flexibility index (Phi) is 9.31. The lowest BCUT2D eigenvalue weighted by Gasteiger charge is -2.30. The minimum atomic E-state index is 0.104. The number of furan rings is 1. The van der Waals surface area contributed by atoms with Crippen LogP contribution in [0.1, 0.15) is 17.5 Å². The molecule has 316 valence electrons. The van der Waals surface area contributed by atoms with E-state index in [1.54, 1.807) is 0 Å². The standard InChI is InChI=1S/C64H44N2O/c1-2-16-43(17-3-1)46-20-14-21-47(40-46)44-32-36-50(37-33-44)65(59-28-11-9-25-55(59)56-26-15-31-62-64(56)57-41-48-18-4-5-19-49(48)42-63(57)67-62)51-38-34-45(35-39-51)52-22-6-10-27-58(52)66-60-29-12-7-23-53(60)54-24-8-13-30-61(54)66/h1-42,52,58H. The molecule has 67 heavy (non-hydrogen) atoms. The van der Waals surface area contributed by atoms with Gasteiger partial charge in [0.15, 0.2) is 0 Å². The maximum atomic E-state index is 6.61. The van der Waals surface area contributed by atoms with Crippen molar-refractivity contribution in [1.29, 1.82) is 0 Å². The fraction of sp³-hybridized carbons (Fsp3) is 0.0312. The van der Waals surface area contributed by atoms with Gasteiger partial charge in [0.1, 0.15) is 11.2 Å². The number of nitrogens with zero attached hydrogens (tertiary/aromatic N) is 2. The highest BCUT2D eigenvalue weighted by Gasteiger charge is 2.27. The zero-order valence-electron chi connectivity index (χ0n) is 36.7. The number of fused-ring (bicyclic) bond motifs is 7. The van der Waals surface area contributed by atoms with Gasteiger partial charge in [0.2, 0.25) is 0 Å². The number of rotatable bonds is 8. The molecule has 0 bridgehead atoms. The Bertz CT molecular complexity index is 3820. The summed E-state index contributed by atoms with van der Waals surface area (Å²) in [6.07, 6.45) is 9.12. The zero-order valence-corrected chi connectivity index (χ0v) is 36.7. The van der Waals surface area contributed by atoms with Crippen LogP contribution in [0, 0.1) is 0 Å². The first kappa shape index (κ1) is 38.8. The molecule has 0 fully saturated rings. The highest BCUT2D eigenvalue weighted by atomic mass is 16.3. The molecule has 0 N–H and O–H groups in total. The van der Waals surface area contributed by atoms with Gasteiger partial charge in [-0.1, -0.05) is 188 Å². The number of allylic oxidation sites excluding steroid dienone is 4. The number of para-hydroxylation sites is 3. The second-order valence-corrected chi connectivity index (χ2v) is 17.6. The third-order valence-electron chi connectivity index (χ3n) is 13.8. The molecule has 13 rings (SSSR count). The average molecular weight is 857 g/mol. The van der Waals surface area contributed by atoms with Crippen molar-refractivity contribution in [2.24, 2.45) is 0 Å². The molecule has 1 aliphatic rings. The average Bonchev–Trinajstić information content (AvgIpc) is 3.94. The molecular formula is C64H44N2O. The number of aromatic nitrogens is 1. The maximum absolute atomic E-state index is 6.61. The van der Waals surface area contributed by atoms with Crippen LogP contribution in [0.15, 0.2) is 259 Å². The lowest BCUT2D eigenvalue weighted by atomic mass is 9.87. The summed E-state index contributed by atoms with van der Waals surface area (Å²) in [5, 5.41) is 7.17. The first-order chi connectivity index (χ1) is 33.2. The first-order valence-corrected chi connectivity index (χ1v) is 23.2. The molecule has 0 radical (unpaired) electrons. The summed E-state index contributed by atoms with van der Waals surface area (Å²) in [6.45, 7) is 0. The van der Waals surface area contributed by atoms with E-state index in [4.69, 9.17) is 4.42 Å². The highest BCUT2D eigenvalue weighted by molar-refractivity contribution is 6.16. The second-order valence-electron chi connectivity index (χ2n) is 17.6. The van der Waals surface area contributed by atoms with Crippen LogP contribution < -0.4 is 4.90 Å². The van der Waals surface area contributed by atoms with E-state index in [1.165, 1.54) is 60.4 Å². The second kappa shape index (κ2) is 16.1. The van der Waals surface area contributed by atoms with Gasteiger partial charge in [0.25, 0.3) is 0 Å². The number of benzene rings is 10. The van der Waals surface area contributed by atoms with Gasteiger partial charge in [0.05, 0.1) is 11.7 Å². The molecule has 2 heterocycles. The molecule has 0 amide bonds. The molecule has 2 atom stereocenters. The van der Waals surface area contributed by atoms with Gasteiger partial charge in [0, 0.05) is 55.4 Å². The molecule has 12 aromatic rings. The molecule has 0 saturated heterocycles. The van der Waals surface area contributed by atoms with E-state index < -0.39 is 0 Å². The quantitative estimate of drug-likeness (QED) is 0.152. The van der Waals surface area contributed by atoms with Crippen molar-refractivity contribution < 1.29 is 4.42 Å². The SMILES string of the molecule is C1=CC(c2ccc(N(c3ccc(-c4cccc(-c5ccccc5)c4)cc3)c3ccccc3-c3cccc4oc5cc6ccccc6cc5c34)cc2)C(n2c3ccccc3c3ccccc32)C=C1. The van der Waals surface area contributed by atoms with Gasteiger partial charge in [-0.3, -0.25) is 0 Å². The van der Waals surface area contributed by atoms with Crippen molar-refractivity contribution in [2.75, 3.05) is 4.90 Å². The van der Waals surface area contributed by atoms with Gasteiger partial charge in [-0.05, 0) is 111 Å². The molecule has 10 aromatic carbocycles. The summed E-state index contributed by atoms with van der Waals surface area (Å²) in [5.74, 6) is 0.132. The maximum Gasteiger partial charge on any atom is 0.136 e. The van der Waals surface area contributed by atoms with E-state index in [-0.39, 0.29) is 12.0 Å². The van der Waals surface area contributed by atoms with Crippen LogP contribution in [-0.4, -0.2) is 4.57 Å². The minimum Gasteiger partial charge on any atom is -0.456 e. The Morgan fingerprint density at radius 3 is 1.70 bits per heavy atom. The van der Waals surface area contributed by atoms with E-state index in [0.29, 0.717) is 0 Å². The van der Waals surface area contributed by atoms with Crippen molar-refractivity contribution >= 4 is 71.6 Å². The van der Waals surface area contributed by atoms with Crippen LogP contribution >= 0.6 is 0 Å². The predicted octanol–water partition coefficient (Wildman–Crippen LogP) is 17.8. The van der Waals surface area contributed by atoms with Crippen molar-refractivity contribution in [3.63, 3.8) is 0 Å². The monoisotopic (exact) mass is 856 g/mol. The third-order valence-corrected chi connectivity index (χ3v) is 13.8. The summed E-state index contributed by atoms with van der Waals surface area (Å²) in [4.78, 5) is 2.42. The molecule has 0 spiro atoms. The molecule has 2 unspecified atom stereocenters. The molecule has 1 aliphatic carbocycles. The van der Waals surface area contributed by atoms with E-state index in [9.17, 15) is 0 Å². The lowest BCUT2D eigenvalue weighted by Crippen LogP contribution is -2.17. The smallest absolute Gasteiger partial charge is 0.136 e. The van der Waals surface area contributed by atoms with Crippen molar-refractivity contribution in [2.45, 2.75) is 12.0 Å². The van der Waals surface area contributed by atoms with Gasteiger partial charge in [-0.15, -0.1) is 0 Å². The molecule has 3 heteroatoms. The van der Waals surface area contributed by atoms with Crippen LogP contribution in [-0.2, 0) is 0 Å². The van der Waals surface area contributed by atoms with E-state index in [2.05, 4.69) is 264 Å². The largest absolute Gasteiger partial charge is 0.456 e. The summed E-state index contributed by atoms with van der Waals surface area (Å²) in [5.41, 5.74) is 15.8. The summed E-state index contributed by atoms with van der Waals surface area (Å²) in [7, 11) is 0. The molecule has 0 aliphatic heterocycles. The number of hydrogen-bond donors (Lipinski definition) is 0. The molecular weight excluding hydrogens is 813 g/mol. The van der Waals surface area contributed by atoms with Crippen LogP contribution in [0.25, 0.3) is 87.9 Å². The lowest BCUT2D eigenvalue weighted by molar-refractivity contribution is 0.576. The van der Waals surface area contributed by atoms with Crippen molar-refractivity contribution in [1.82, 2.24) is 4.57 Å². The fourth-order valence-corrected chi connectivity index (χ4v) is 10.6. The normalized spacial score (nSPS) is 14.7. The van der Waals surface area contributed by atoms with E-state index >= 15 is 0 Å². The first-order valence-electron chi connectivity index (χ1n) is 23.2.